The summed E-state index contributed by atoms with van der Waals surface area (Å²) < 4.78 is 31.8. The fraction of sp³-hybridized carbons (Fsp3) is 0.286. The van der Waals surface area contributed by atoms with E-state index >= 15 is 0 Å². The van der Waals surface area contributed by atoms with E-state index in [0.717, 1.165) is 11.1 Å². The van der Waals surface area contributed by atoms with E-state index in [4.69, 9.17) is 16.1 Å². The third-order valence-corrected chi connectivity index (χ3v) is 7.51. The summed E-state index contributed by atoms with van der Waals surface area (Å²) >= 11 is 0. The molecule has 2 aromatic carbocycles. The molecule has 0 aliphatic rings. The smallest absolute Gasteiger partial charge is 0.342 e. The van der Waals surface area contributed by atoms with E-state index in [1.807, 2.05) is 57.0 Å². The number of hydrogen-bond donors (Lipinski definition) is 2. The van der Waals surface area contributed by atoms with E-state index in [0.29, 0.717) is 28.9 Å². The average Bonchev–Trinajstić information content (AvgIpc) is 2.84. The summed E-state index contributed by atoms with van der Waals surface area (Å²) in [7, 11) is -3.76. The Labute approximate surface area is 211 Å². The number of rotatable bonds is 8. The van der Waals surface area contributed by atoms with Gasteiger partial charge in [-0.3, -0.25) is 4.57 Å². The monoisotopic (exact) mass is 509 g/mol. The Hall–Kier alpha value is -3.30. The van der Waals surface area contributed by atoms with Crippen molar-refractivity contribution in [3.05, 3.63) is 71.7 Å². The average molecular weight is 510 g/mol. The van der Waals surface area contributed by atoms with Gasteiger partial charge in [0.15, 0.2) is 5.75 Å². The predicted molar refractivity (Wildman–Crippen MR) is 139 cm³/mol. The van der Waals surface area contributed by atoms with Gasteiger partial charge in [0.05, 0.1) is 17.5 Å². The molecule has 2 N–H and O–H groups in total. The summed E-state index contributed by atoms with van der Waals surface area (Å²) in [5.74, 6) is 0.160. The third-order valence-electron chi connectivity index (χ3n) is 6.07. The molecule has 188 valence electrons. The lowest BCUT2D eigenvalue weighted by atomic mass is 9.90. The molecule has 3 unspecified atom stereocenters. The van der Waals surface area contributed by atoms with Gasteiger partial charge in [-0.25, -0.2) is 14.2 Å². The Bertz CT molecular complexity index is 1320. The molecule has 6 nitrogen and oxygen atoms in total. The number of halogens is 1. The SMILES string of the molecule is C#CC(C(=O)Oc1c(C(C)C)nc(-c2ccccc2)c(CC)c1-c1ccc(F)cc1)(C(C)O)[PH](=O)O. The lowest BCUT2D eigenvalue weighted by Crippen LogP contribution is -2.46. The second-order valence-electron chi connectivity index (χ2n) is 8.73. The van der Waals surface area contributed by atoms with Crippen molar-refractivity contribution in [1.82, 2.24) is 4.98 Å². The second-order valence-corrected chi connectivity index (χ2v) is 10.1. The van der Waals surface area contributed by atoms with E-state index in [2.05, 4.69) is 0 Å². The summed E-state index contributed by atoms with van der Waals surface area (Å²) in [6.45, 7) is 6.82. The largest absolute Gasteiger partial charge is 0.422 e. The fourth-order valence-corrected chi connectivity index (χ4v) is 4.78. The molecule has 0 saturated heterocycles. The molecule has 3 atom stereocenters. The Kier molecular flexibility index (Phi) is 8.47. The van der Waals surface area contributed by atoms with Crippen LogP contribution in [0.15, 0.2) is 54.6 Å². The Balaban J connectivity index is 2.40. The van der Waals surface area contributed by atoms with Crippen LogP contribution in [0, 0.1) is 18.2 Å². The first-order chi connectivity index (χ1) is 17.1. The molecular formula is C28H29FNO5P. The number of esters is 1. The molecule has 0 spiro atoms. The van der Waals surface area contributed by atoms with Gasteiger partial charge in [0.1, 0.15) is 5.82 Å². The summed E-state index contributed by atoms with van der Waals surface area (Å²) in [5.41, 5.74) is 3.73. The van der Waals surface area contributed by atoms with E-state index in [1.165, 1.54) is 19.1 Å². The van der Waals surface area contributed by atoms with Crippen molar-refractivity contribution < 1.29 is 28.5 Å². The standard InChI is InChI=1S/C28H29FNO5P/c1-6-22-23(19-13-15-21(29)16-14-19)26(35-27(32)28(7-2,18(5)31)36(33)34)24(17(3)4)30-25(22)20-11-9-8-10-12-20/h2,8-18,31,36H,6H2,1,3-5H3,(H,33,34). The summed E-state index contributed by atoms with van der Waals surface area (Å²) in [6.07, 6.45) is 4.32. The first kappa shape index (κ1) is 27.3. The van der Waals surface area contributed by atoms with Crippen molar-refractivity contribution in [2.24, 2.45) is 0 Å². The van der Waals surface area contributed by atoms with Gasteiger partial charge < -0.3 is 14.7 Å². The number of pyridine rings is 1. The van der Waals surface area contributed by atoms with Gasteiger partial charge in [-0.2, -0.15) is 0 Å². The number of aliphatic hydroxyl groups is 1. The summed E-state index contributed by atoms with van der Waals surface area (Å²) in [5, 5.41) is 7.79. The molecule has 8 heteroatoms. The van der Waals surface area contributed by atoms with Gasteiger partial charge in [-0.1, -0.05) is 69.2 Å². The third kappa shape index (κ3) is 4.99. The normalized spacial score (nSPS) is 14.5. The van der Waals surface area contributed by atoms with Crippen molar-refractivity contribution in [2.45, 2.75) is 51.3 Å². The van der Waals surface area contributed by atoms with Crippen molar-refractivity contribution in [3.63, 3.8) is 0 Å². The second kappa shape index (κ2) is 11.2. The molecular weight excluding hydrogens is 480 g/mol. The van der Waals surface area contributed by atoms with Gasteiger partial charge in [0.25, 0.3) is 0 Å². The topological polar surface area (TPSA) is 96.7 Å². The molecule has 36 heavy (non-hydrogen) atoms. The minimum absolute atomic E-state index is 0.0571. The highest BCUT2D eigenvalue weighted by Crippen LogP contribution is 2.45. The number of carbonyl (C=O) groups excluding carboxylic acids is 1. The fourth-order valence-electron chi connectivity index (χ4n) is 4.07. The first-order valence-corrected chi connectivity index (χ1v) is 12.9. The number of aromatic nitrogens is 1. The highest BCUT2D eigenvalue weighted by Gasteiger charge is 2.49. The van der Waals surface area contributed by atoms with Gasteiger partial charge >= 0.3 is 5.97 Å². The van der Waals surface area contributed by atoms with Gasteiger partial charge in [0, 0.05) is 11.1 Å². The maximum Gasteiger partial charge on any atom is 0.342 e. The number of aliphatic hydroxyl groups excluding tert-OH is 1. The number of benzene rings is 2. The maximum absolute atomic E-state index is 13.8. The van der Waals surface area contributed by atoms with Crippen molar-refractivity contribution in [3.8, 4) is 40.5 Å². The summed E-state index contributed by atoms with van der Waals surface area (Å²) in [6, 6.07) is 15.2. The molecule has 0 bridgehead atoms. The Morgan fingerprint density at radius 2 is 1.75 bits per heavy atom. The molecule has 0 aliphatic heterocycles. The van der Waals surface area contributed by atoms with Crippen LogP contribution >= 0.6 is 8.03 Å². The Morgan fingerprint density at radius 1 is 1.14 bits per heavy atom. The predicted octanol–water partition coefficient (Wildman–Crippen LogP) is 5.37. The van der Waals surface area contributed by atoms with E-state index < -0.39 is 31.1 Å². The number of hydrogen-bond acceptors (Lipinski definition) is 5. The number of terminal acetylenes is 1. The zero-order valence-corrected chi connectivity index (χ0v) is 21.6. The molecule has 1 aromatic heterocycles. The quantitative estimate of drug-likeness (QED) is 0.241. The van der Waals surface area contributed by atoms with E-state index in [-0.39, 0.29) is 11.7 Å². The van der Waals surface area contributed by atoms with Gasteiger partial charge in [-0.15, -0.1) is 6.42 Å². The zero-order chi connectivity index (χ0) is 26.6. The molecule has 3 aromatic rings. The number of carbonyl (C=O) groups is 1. The van der Waals surface area contributed by atoms with Gasteiger partial charge in [-0.05, 0) is 42.5 Å². The van der Waals surface area contributed by atoms with Crippen LogP contribution in [-0.2, 0) is 15.8 Å². The zero-order valence-electron chi connectivity index (χ0n) is 20.6. The molecule has 0 fully saturated rings. The van der Waals surface area contributed by atoms with Crippen LogP contribution in [0.4, 0.5) is 4.39 Å². The molecule has 0 saturated carbocycles. The highest BCUT2D eigenvalue weighted by atomic mass is 31.1. The summed E-state index contributed by atoms with van der Waals surface area (Å²) in [4.78, 5) is 28.2. The lowest BCUT2D eigenvalue weighted by molar-refractivity contribution is -0.138. The minimum atomic E-state index is -3.76. The Morgan fingerprint density at radius 3 is 2.22 bits per heavy atom. The minimum Gasteiger partial charge on any atom is -0.422 e. The molecule has 0 aliphatic carbocycles. The molecule has 3 rings (SSSR count). The lowest BCUT2D eigenvalue weighted by Gasteiger charge is -2.28. The van der Waals surface area contributed by atoms with Crippen LogP contribution in [-0.4, -0.2) is 32.2 Å². The van der Waals surface area contributed by atoms with Crippen LogP contribution < -0.4 is 4.74 Å². The van der Waals surface area contributed by atoms with Crippen molar-refractivity contribution in [1.29, 1.82) is 0 Å². The van der Waals surface area contributed by atoms with Crippen LogP contribution in [0.25, 0.3) is 22.4 Å². The first-order valence-electron chi connectivity index (χ1n) is 11.6. The highest BCUT2D eigenvalue weighted by molar-refractivity contribution is 7.42. The van der Waals surface area contributed by atoms with Crippen molar-refractivity contribution >= 4 is 14.0 Å². The van der Waals surface area contributed by atoms with Crippen LogP contribution in [0.2, 0.25) is 0 Å². The maximum atomic E-state index is 13.8. The number of ether oxygens (including phenoxy) is 1. The van der Waals surface area contributed by atoms with Crippen molar-refractivity contribution in [2.75, 3.05) is 0 Å². The van der Waals surface area contributed by atoms with E-state index in [1.54, 1.807) is 12.1 Å². The van der Waals surface area contributed by atoms with Crippen LogP contribution in [0.3, 0.4) is 0 Å². The molecule has 0 amide bonds. The molecule has 0 radical (unpaired) electrons. The van der Waals surface area contributed by atoms with Gasteiger partial charge in [0.2, 0.25) is 13.2 Å². The van der Waals surface area contributed by atoms with Crippen LogP contribution in [0.5, 0.6) is 5.75 Å². The van der Waals surface area contributed by atoms with E-state index in [9.17, 15) is 23.7 Å². The molecule has 1 heterocycles. The number of nitrogens with zero attached hydrogens (tertiary/aromatic N) is 1. The van der Waals surface area contributed by atoms with Crippen LogP contribution in [0.1, 0.15) is 44.9 Å².